The minimum absolute atomic E-state index is 0.0676. The maximum Gasteiger partial charge on any atom is 0.306 e. The first-order chi connectivity index (χ1) is 7.04. The lowest BCUT2D eigenvalue weighted by atomic mass is 10.2. The number of amides is 1. The summed E-state index contributed by atoms with van der Waals surface area (Å²) >= 11 is 2.91. The van der Waals surface area contributed by atoms with E-state index in [1.807, 2.05) is 0 Å². The maximum absolute atomic E-state index is 12.9. The van der Waals surface area contributed by atoms with Gasteiger partial charge in [-0.25, -0.2) is 0 Å². The Kier molecular flexibility index (Phi) is 3.73. The minimum atomic E-state index is -0.933. The summed E-state index contributed by atoms with van der Waals surface area (Å²) in [6.45, 7) is 0. The van der Waals surface area contributed by atoms with E-state index in [9.17, 15) is 19.3 Å². The fraction of sp³-hybridized carbons (Fsp3) is 0.125. The molecule has 0 atom stereocenters. The molecule has 0 spiro atoms. The van der Waals surface area contributed by atoms with Crippen molar-refractivity contribution in [2.75, 3.05) is 10.6 Å². The van der Waals surface area contributed by atoms with E-state index in [0.29, 0.717) is 0 Å². The van der Waals surface area contributed by atoms with Crippen LogP contribution in [0.1, 0.15) is 0 Å². The van der Waals surface area contributed by atoms with Crippen LogP contribution in [0.5, 0.6) is 0 Å². The molecule has 1 aromatic carbocycles. The summed E-state index contributed by atoms with van der Waals surface area (Å²) in [6, 6.07) is 3.15. The molecular weight excluding hydrogens is 271 g/mol. The van der Waals surface area contributed by atoms with E-state index in [0.717, 1.165) is 12.1 Å². The fourth-order valence-corrected chi connectivity index (χ4v) is 1.06. The van der Waals surface area contributed by atoms with Crippen LogP contribution in [0.4, 0.5) is 15.8 Å². The highest BCUT2D eigenvalue weighted by atomic mass is 79.9. The van der Waals surface area contributed by atoms with Gasteiger partial charge in [0.2, 0.25) is 11.7 Å². The first-order valence-electron chi connectivity index (χ1n) is 3.84. The van der Waals surface area contributed by atoms with Gasteiger partial charge in [0, 0.05) is 11.8 Å². The molecule has 0 saturated carbocycles. The number of hydrogen-bond acceptors (Lipinski definition) is 3. The van der Waals surface area contributed by atoms with Gasteiger partial charge in [0.15, 0.2) is 0 Å². The van der Waals surface area contributed by atoms with E-state index in [2.05, 4.69) is 21.2 Å². The number of nitrogens with zero attached hydrogens (tertiary/aromatic N) is 1. The van der Waals surface area contributed by atoms with Crippen molar-refractivity contribution in [3.05, 3.63) is 34.1 Å². The Morgan fingerprint density at radius 2 is 2.27 bits per heavy atom. The topological polar surface area (TPSA) is 72.2 Å². The van der Waals surface area contributed by atoms with Gasteiger partial charge in [-0.15, -0.1) is 0 Å². The predicted molar refractivity (Wildman–Crippen MR) is 55.5 cm³/mol. The first kappa shape index (κ1) is 11.6. The lowest BCUT2D eigenvalue weighted by Gasteiger charge is -2.02. The zero-order valence-electron chi connectivity index (χ0n) is 7.37. The molecule has 1 N–H and O–H groups in total. The van der Waals surface area contributed by atoms with Crippen LogP contribution in [0, 0.1) is 15.9 Å². The summed E-state index contributed by atoms with van der Waals surface area (Å²) in [7, 11) is 0. The van der Waals surface area contributed by atoms with Crippen LogP contribution in [0.2, 0.25) is 0 Å². The molecule has 5 nitrogen and oxygen atoms in total. The lowest BCUT2D eigenvalue weighted by Crippen LogP contribution is -2.12. The number of anilines is 1. The average molecular weight is 277 g/mol. The number of rotatable bonds is 3. The molecule has 0 saturated heterocycles. The van der Waals surface area contributed by atoms with Gasteiger partial charge >= 0.3 is 5.69 Å². The Morgan fingerprint density at radius 1 is 1.60 bits per heavy atom. The normalized spacial score (nSPS) is 9.73. The average Bonchev–Trinajstić information content (AvgIpc) is 2.20. The molecule has 0 heterocycles. The van der Waals surface area contributed by atoms with Crippen LogP contribution in [-0.2, 0) is 4.79 Å². The van der Waals surface area contributed by atoms with Crippen molar-refractivity contribution < 1.29 is 14.1 Å². The van der Waals surface area contributed by atoms with Crippen LogP contribution in [0.25, 0.3) is 0 Å². The molecule has 0 aliphatic carbocycles. The highest BCUT2D eigenvalue weighted by Gasteiger charge is 2.14. The van der Waals surface area contributed by atoms with Gasteiger partial charge in [-0.3, -0.25) is 14.9 Å². The van der Waals surface area contributed by atoms with E-state index >= 15 is 0 Å². The quantitative estimate of drug-likeness (QED) is 0.522. The number of halogens is 2. The Balaban J connectivity index is 2.97. The minimum Gasteiger partial charge on any atom is -0.325 e. The predicted octanol–water partition coefficient (Wildman–Crippen LogP) is 2.07. The third-order valence-corrected chi connectivity index (χ3v) is 2.06. The zero-order valence-corrected chi connectivity index (χ0v) is 8.95. The zero-order chi connectivity index (χ0) is 11.4. The van der Waals surface area contributed by atoms with Gasteiger partial charge in [0.25, 0.3) is 0 Å². The second kappa shape index (κ2) is 4.83. The van der Waals surface area contributed by atoms with Gasteiger partial charge in [-0.2, -0.15) is 4.39 Å². The Hall–Kier alpha value is -1.50. The monoisotopic (exact) mass is 276 g/mol. The number of nitrogens with one attached hydrogen (secondary N) is 1. The number of nitro benzene ring substituents is 1. The lowest BCUT2D eigenvalue weighted by molar-refractivity contribution is -0.387. The Bertz CT molecular complexity index is 411. The Morgan fingerprint density at radius 3 is 2.80 bits per heavy atom. The standard InChI is InChI=1S/C8H6BrFN2O3/c9-4-8(13)11-5-1-2-6(10)7(3-5)12(14)15/h1-3H,4H2,(H,11,13). The van der Waals surface area contributed by atoms with Crippen molar-refractivity contribution in [1.29, 1.82) is 0 Å². The van der Waals surface area contributed by atoms with Gasteiger partial charge in [-0.05, 0) is 12.1 Å². The van der Waals surface area contributed by atoms with Crippen molar-refractivity contribution in [3.63, 3.8) is 0 Å². The van der Waals surface area contributed by atoms with E-state index in [1.165, 1.54) is 6.07 Å². The third-order valence-electron chi connectivity index (χ3n) is 1.55. The van der Waals surface area contributed by atoms with Crippen molar-refractivity contribution >= 4 is 33.2 Å². The summed E-state index contributed by atoms with van der Waals surface area (Å²) < 4.78 is 12.9. The van der Waals surface area contributed by atoms with Crippen molar-refractivity contribution in [1.82, 2.24) is 0 Å². The number of carbonyl (C=O) groups excluding carboxylic acids is 1. The molecule has 0 aliphatic heterocycles. The molecular formula is C8H6BrFN2O3. The number of nitro groups is 1. The molecule has 1 aromatic rings. The highest BCUT2D eigenvalue weighted by molar-refractivity contribution is 9.09. The molecule has 15 heavy (non-hydrogen) atoms. The highest BCUT2D eigenvalue weighted by Crippen LogP contribution is 2.21. The molecule has 7 heteroatoms. The van der Waals surface area contributed by atoms with Crippen LogP contribution < -0.4 is 5.32 Å². The van der Waals surface area contributed by atoms with Crippen LogP contribution in [0.15, 0.2) is 18.2 Å². The molecule has 0 bridgehead atoms. The molecule has 0 aromatic heterocycles. The summed E-state index contributed by atoms with van der Waals surface area (Å²) in [6.07, 6.45) is 0. The number of carbonyl (C=O) groups is 1. The summed E-state index contributed by atoms with van der Waals surface area (Å²) in [5.41, 5.74) is -0.477. The van der Waals surface area contributed by atoms with E-state index in [1.54, 1.807) is 0 Å². The summed E-state index contributed by atoms with van der Waals surface area (Å²) in [5, 5.41) is 12.8. The smallest absolute Gasteiger partial charge is 0.306 e. The summed E-state index contributed by atoms with van der Waals surface area (Å²) in [4.78, 5) is 20.5. The molecule has 1 amide bonds. The van der Waals surface area contributed by atoms with Gasteiger partial charge in [-0.1, -0.05) is 15.9 Å². The van der Waals surface area contributed by atoms with Gasteiger partial charge in [0.1, 0.15) is 0 Å². The van der Waals surface area contributed by atoms with Crippen LogP contribution >= 0.6 is 15.9 Å². The molecule has 0 aliphatic rings. The van der Waals surface area contributed by atoms with Crippen molar-refractivity contribution in [2.45, 2.75) is 0 Å². The van der Waals surface area contributed by atoms with Gasteiger partial charge < -0.3 is 5.32 Å². The van der Waals surface area contributed by atoms with Crippen molar-refractivity contribution in [2.24, 2.45) is 0 Å². The third kappa shape index (κ3) is 2.98. The molecule has 1 rings (SSSR count). The molecule has 80 valence electrons. The Labute approximate surface area is 92.6 Å². The molecule has 0 fully saturated rings. The maximum atomic E-state index is 12.9. The second-order valence-electron chi connectivity index (χ2n) is 2.61. The number of benzene rings is 1. The van der Waals surface area contributed by atoms with E-state index in [-0.39, 0.29) is 16.9 Å². The van der Waals surface area contributed by atoms with Gasteiger partial charge in [0.05, 0.1) is 10.3 Å². The number of hydrogen-bond donors (Lipinski definition) is 1. The molecule has 0 unspecified atom stereocenters. The van der Waals surface area contributed by atoms with Crippen LogP contribution in [-0.4, -0.2) is 16.2 Å². The number of alkyl halides is 1. The fourth-order valence-electron chi connectivity index (χ4n) is 0.925. The largest absolute Gasteiger partial charge is 0.325 e. The second-order valence-corrected chi connectivity index (χ2v) is 3.17. The molecule has 0 radical (unpaired) electrons. The van der Waals surface area contributed by atoms with Crippen molar-refractivity contribution in [3.8, 4) is 0 Å². The SMILES string of the molecule is O=C(CBr)Nc1ccc(F)c([N+](=O)[O-])c1. The van der Waals surface area contributed by atoms with E-state index < -0.39 is 16.4 Å². The van der Waals surface area contributed by atoms with E-state index in [4.69, 9.17) is 0 Å². The first-order valence-corrected chi connectivity index (χ1v) is 4.96. The summed E-state index contributed by atoms with van der Waals surface area (Å²) in [5.74, 6) is -1.30. The van der Waals surface area contributed by atoms with Crippen LogP contribution in [0.3, 0.4) is 0 Å².